The molecule has 3 aromatic carbocycles. The average Bonchev–Trinajstić information content (AvgIpc) is 3.26. The molecule has 174 valence electrons. The van der Waals surface area contributed by atoms with Crippen molar-refractivity contribution in [3.8, 4) is 22.7 Å². The second kappa shape index (κ2) is 9.04. The number of nitrogens with zero attached hydrogens (tertiary/aromatic N) is 2. The van der Waals surface area contributed by atoms with Crippen LogP contribution in [0.3, 0.4) is 0 Å². The summed E-state index contributed by atoms with van der Waals surface area (Å²) in [5.41, 5.74) is 0.777. The molecule has 0 aliphatic rings. The number of benzene rings is 3. The summed E-state index contributed by atoms with van der Waals surface area (Å²) in [5, 5.41) is 16.5. The summed E-state index contributed by atoms with van der Waals surface area (Å²) in [6, 6.07) is 16.4. The molecule has 0 saturated carbocycles. The minimum absolute atomic E-state index is 0.00768. The first-order chi connectivity index (χ1) is 16.1. The first kappa shape index (κ1) is 23.7. The summed E-state index contributed by atoms with van der Waals surface area (Å²) in [4.78, 5) is 12.6. The Balaban J connectivity index is 1.68. The van der Waals surface area contributed by atoms with Crippen LogP contribution in [0.4, 0.5) is 18.9 Å². The molecule has 34 heavy (non-hydrogen) atoms. The third kappa shape index (κ3) is 4.60. The predicted octanol–water partition coefficient (Wildman–Crippen LogP) is 7.13. The van der Waals surface area contributed by atoms with Gasteiger partial charge in [0, 0.05) is 11.1 Å². The monoisotopic (exact) mass is 505 g/mol. The van der Waals surface area contributed by atoms with Gasteiger partial charge in [0.05, 0.1) is 22.1 Å². The highest BCUT2D eigenvalue weighted by atomic mass is 35.5. The third-order valence-electron chi connectivity index (χ3n) is 5.09. The number of rotatable bonds is 4. The fourth-order valence-corrected chi connectivity index (χ4v) is 3.75. The molecule has 0 aliphatic carbocycles. The van der Waals surface area contributed by atoms with E-state index in [-0.39, 0.29) is 38.4 Å². The molecule has 4 aromatic rings. The lowest BCUT2D eigenvalue weighted by atomic mass is 10.1. The highest BCUT2D eigenvalue weighted by molar-refractivity contribution is 6.35. The summed E-state index contributed by atoms with van der Waals surface area (Å²) in [7, 11) is 0. The summed E-state index contributed by atoms with van der Waals surface area (Å²) in [6.07, 6.45) is -4.65. The fourth-order valence-electron chi connectivity index (χ4n) is 3.28. The predicted molar refractivity (Wildman–Crippen MR) is 125 cm³/mol. The van der Waals surface area contributed by atoms with E-state index >= 15 is 0 Å². The Labute approximate surface area is 202 Å². The van der Waals surface area contributed by atoms with Crippen LogP contribution in [0, 0.1) is 6.92 Å². The quantitative estimate of drug-likeness (QED) is 0.310. The van der Waals surface area contributed by atoms with Crippen LogP contribution in [0.1, 0.15) is 21.6 Å². The van der Waals surface area contributed by atoms with Crippen molar-refractivity contribution in [2.75, 3.05) is 5.32 Å². The molecule has 1 heterocycles. The second-order valence-corrected chi connectivity index (χ2v) is 8.19. The van der Waals surface area contributed by atoms with Crippen LogP contribution < -0.4 is 5.32 Å². The number of alkyl halides is 3. The van der Waals surface area contributed by atoms with Crippen molar-refractivity contribution in [1.82, 2.24) is 9.78 Å². The van der Waals surface area contributed by atoms with E-state index in [2.05, 4.69) is 10.4 Å². The summed E-state index contributed by atoms with van der Waals surface area (Å²) < 4.78 is 41.3. The number of carbonyl (C=O) groups excluding carboxylic acids is 1. The van der Waals surface area contributed by atoms with Gasteiger partial charge in [-0.3, -0.25) is 4.79 Å². The molecule has 1 amide bonds. The van der Waals surface area contributed by atoms with Gasteiger partial charge in [0.15, 0.2) is 5.69 Å². The van der Waals surface area contributed by atoms with E-state index in [1.54, 1.807) is 43.3 Å². The summed E-state index contributed by atoms with van der Waals surface area (Å²) in [5.74, 6) is -0.643. The molecule has 4 rings (SSSR count). The van der Waals surface area contributed by atoms with E-state index in [1.165, 1.54) is 24.3 Å². The number of amides is 1. The summed E-state index contributed by atoms with van der Waals surface area (Å²) in [6.45, 7) is 1.67. The number of phenolic OH excluding ortho intramolecular Hbond substituents is 1. The van der Waals surface area contributed by atoms with E-state index in [4.69, 9.17) is 23.2 Å². The number of phenols is 1. The van der Waals surface area contributed by atoms with Crippen LogP contribution in [0.5, 0.6) is 5.75 Å². The maximum atomic E-state index is 13.4. The molecule has 0 radical (unpaired) electrons. The highest BCUT2D eigenvalue weighted by Crippen LogP contribution is 2.36. The molecule has 0 fully saturated rings. The molecular weight excluding hydrogens is 490 g/mol. The van der Waals surface area contributed by atoms with Gasteiger partial charge in [-0.15, -0.1) is 0 Å². The lowest BCUT2D eigenvalue weighted by molar-refractivity contribution is -0.141. The molecule has 0 saturated heterocycles. The third-order valence-corrected chi connectivity index (χ3v) is 5.79. The van der Waals surface area contributed by atoms with Gasteiger partial charge in [-0.05, 0) is 48.9 Å². The Morgan fingerprint density at radius 1 is 1.03 bits per heavy atom. The Bertz CT molecular complexity index is 1380. The van der Waals surface area contributed by atoms with E-state index in [9.17, 15) is 23.1 Å². The molecular formula is C24H16Cl2F3N3O2. The number of nitrogens with one attached hydrogen (secondary N) is 1. The minimum atomic E-state index is -4.65. The normalized spacial score (nSPS) is 11.5. The Morgan fingerprint density at radius 2 is 1.71 bits per heavy atom. The lowest BCUT2D eigenvalue weighted by Crippen LogP contribution is -2.12. The number of hydrogen-bond acceptors (Lipinski definition) is 3. The van der Waals surface area contributed by atoms with Crippen molar-refractivity contribution in [3.63, 3.8) is 0 Å². The van der Waals surface area contributed by atoms with Crippen molar-refractivity contribution >= 4 is 34.8 Å². The lowest BCUT2D eigenvalue weighted by Gasteiger charge is -2.11. The number of para-hydroxylation sites is 1. The number of aromatic hydroxyl groups is 1. The van der Waals surface area contributed by atoms with Gasteiger partial charge in [0.1, 0.15) is 10.8 Å². The van der Waals surface area contributed by atoms with Crippen LogP contribution in [-0.2, 0) is 6.18 Å². The molecule has 1 aromatic heterocycles. The van der Waals surface area contributed by atoms with Gasteiger partial charge in [0.25, 0.3) is 5.91 Å². The molecule has 0 atom stereocenters. The van der Waals surface area contributed by atoms with E-state index < -0.39 is 17.8 Å². The molecule has 2 N–H and O–H groups in total. The van der Waals surface area contributed by atoms with Crippen molar-refractivity contribution in [3.05, 3.63) is 93.6 Å². The van der Waals surface area contributed by atoms with Crippen molar-refractivity contribution < 1.29 is 23.1 Å². The van der Waals surface area contributed by atoms with Crippen molar-refractivity contribution in [2.24, 2.45) is 0 Å². The molecule has 0 bridgehead atoms. The van der Waals surface area contributed by atoms with E-state index in [0.29, 0.717) is 11.1 Å². The first-order valence-corrected chi connectivity index (χ1v) is 10.6. The van der Waals surface area contributed by atoms with Gasteiger partial charge in [-0.1, -0.05) is 53.5 Å². The number of anilines is 1. The van der Waals surface area contributed by atoms with E-state index in [0.717, 1.165) is 10.7 Å². The number of hydrogen-bond donors (Lipinski definition) is 2. The van der Waals surface area contributed by atoms with Gasteiger partial charge < -0.3 is 10.4 Å². The zero-order valence-corrected chi connectivity index (χ0v) is 19.0. The van der Waals surface area contributed by atoms with Crippen LogP contribution in [0.25, 0.3) is 16.9 Å². The molecule has 10 heteroatoms. The molecule has 0 unspecified atom stereocenters. The number of aryl methyl sites for hydroxylation is 1. The molecule has 0 aliphatic heterocycles. The van der Waals surface area contributed by atoms with Gasteiger partial charge >= 0.3 is 6.18 Å². The van der Waals surface area contributed by atoms with E-state index in [1.807, 2.05) is 0 Å². The largest absolute Gasteiger partial charge is 0.506 e. The zero-order valence-electron chi connectivity index (χ0n) is 17.5. The Hall–Kier alpha value is -3.49. The maximum Gasteiger partial charge on any atom is 0.435 e. The number of halogens is 5. The highest BCUT2D eigenvalue weighted by Gasteiger charge is 2.35. The van der Waals surface area contributed by atoms with Crippen molar-refractivity contribution in [1.29, 1.82) is 0 Å². The second-order valence-electron chi connectivity index (χ2n) is 7.40. The van der Waals surface area contributed by atoms with Crippen LogP contribution in [0.2, 0.25) is 10.0 Å². The van der Waals surface area contributed by atoms with Gasteiger partial charge in [0.2, 0.25) is 0 Å². The Morgan fingerprint density at radius 3 is 2.35 bits per heavy atom. The van der Waals surface area contributed by atoms with Crippen LogP contribution >= 0.6 is 23.2 Å². The Kier molecular flexibility index (Phi) is 6.29. The molecule has 0 spiro atoms. The first-order valence-electron chi connectivity index (χ1n) is 9.88. The number of aromatic nitrogens is 2. The summed E-state index contributed by atoms with van der Waals surface area (Å²) >= 11 is 12.3. The van der Waals surface area contributed by atoms with Gasteiger partial charge in [-0.25, -0.2) is 4.68 Å². The van der Waals surface area contributed by atoms with Crippen LogP contribution in [0.15, 0.2) is 66.7 Å². The standard InChI is InChI=1S/C24H16Cl2F3N3O2/c1-13-6-11-17(21(26)22(13)33)30-23(34)15-9-7-14(8-10-15)19-12-20(24(27,28)29)31-32(19)18-5-3-2-4-16(18)25/h2-12,33H,1H3,(H,30,34). The van der Waals surface area contributed by atoms with Crippen LogP contribution in [-0.4, -0.2) is 20.8 Å². The van der Waals surface area contributed by atoms with Gasteiger partial charge in [-0.2, -0.15) is 18.3 Å². The molecule has 5 nitrogen and oxygen atoms in total. The SMILES string of the molecule is Cc1ccc(NC(=O)c2ccc(-c3cc(C(F)(F)F)nn3-c3ccccc3Cl)cc2)c(Cl)c1O. The smallest absolute Gasteiger partial charge is 0.435 e. The number of carbonyl (C=O) groups is 1. The topological polar surface area (TPSA) is 67.2 Å². The fraction of sp³-hybridized carbons (Fsp3) is 0.0833. The zero-order chi connectivity index (χ0) is 24.6. The maximum absolute atomic E-state index is 13.4. The van der Waals surface area contributed by atoms with Crippen molar-refractivity contribution in [2.45, 2.75) is 13.1 Å². The minimum Gasteiger partial charge on any atom is -0.506 e. The average molecular weight is 506 g/mol.